The highest BCUT2D eigenvalue weighted by Gasteiger charge is 2.08. The molecule has 20 heavy (non-hydrogen) atoms. The van der Waals surface area contributed by atoms with Crippen LogP contribution in [0.1, 0.15) is 16.1 Å². The van der Waals surface area contributed by atoms with E-state index in [2.05, 4.69) is 15.7 Å². The molecule has 0 fully saturated rings. The number of nitrogens with two attached hydrogens (primary N) is 1. The lowest BCUT2D eigenvalue weighted by Gasteiger charge is -2.07. The zero-order valence-corrected chi connectivity index (χ0v) is 11.1. The molecule has 2 rings (SSSR count). The van der Waals surface area contributed by atoms with Crippen molar-refractivity contribution in [1.82, 2.24) is 4.98 Å². The summed E-state index contributed by atoms with van der Waals surface area (Å²) in [5.74, 6) is 5.41. The summed E-state index contributed by atoms with van der Waals surface area (Å²) in [6.45, 7) is 0.495. The molecule has 0 saturated carbocycles. The number of pyridine rings is 1. The number of benzene rings is 1. The summed E-state index contributed by atoms with van der Waals surface area (Å²) in [7, 11) is 1.63. The number of amides is 1. The summed E-state index contributed by atoms with van der Waals surface area (Å²) in [5, 5.41) is 2.78. The van der Waals surface area contributed by atoms with E-state index in [1.807, 2.05) is 24.3 Å². The van der Waals surface area contributed by atoms with Crippen LogP contribution in [0.4, 0.5) is 11.5 Å². The molecule has 0 aliphatic heterocycles. The molecule has 2 aromatic rings. The largest absolute Gasteiger partial charge is 0.380 e. The van der Waals surface area contributed by atoms with E-state index in [0.717, 1.165) is 5.56 Å². The average Bonchev–Trinajstić information content (AvgIpc) is 2.48. The van der Waals surface area contributed by atoms with Crippen molar-refractivity contribution in [2.45, 2.75) is 6.61 Å². The smallest absolute Gasteiger partial charge is 0.274 e. The molecule has 0 saturated heterocycles. The van der Waals surface area contributed by atoms with Gasteiger partial charge in [0.2, 0.25) is 0 Å². The number of anilines is 2. The number of aromatic nitrogens is 1. The van der Waals surface area contributed by atoms with Crippen molar-refractivity contribution in [2.24, 2.45) is 5.84 Å². The number of carbonyl (C=O) groups excluding carboxylic acids is 1. The highest BCUT2D eigenvalue weighted by atomic mass is 16.5. The van der Waals surface area contributed by atoms with Gasteiger partial charge in [-0.15, -0.1) is 0 Å². The number of carbonyl (C=O) groups is 1. The fourth-order valence-corrected chi connectivity index (χ4v) is 1.74. The summed E-state index contributed by atoms with van der Waals surface area (Å²) in [6, 6.07) is 12.4. The fourth-order valence-electron chi connectivity index (χ4n) is 1.74. The van der Waals surface area contributed by atoms with Crippen LogP contribution in [0, 0.1) is 0 Å². The summed E-state index contributed by atoms with van der Waals surface area (Å²) < 4.78 is 5.06. The van der Waals surface area contributed by atoms with Gasteiger partial charge < -0.3 is 15.5 Å². The van der Waals surface area contributed by atoms with Crippen molar-refractivity contribution in [3.63, 3.8) is 0 Å². The lowest BCUT2D eigenvalue weighted by Crippen LogP contribution is -2.16. The monoisotopic (exact) mass is 272 g/mol. The van der Waals surface area contributed by atoms with Gasteiger partial charge in [0.25, 0.3) is 5.91 Å². The first kappa shape index (κ1) is 14.0. The number of hydrogen-bond acceptors (Lipinski definition) is 5. The molecular formula is C14H16N4O2. The lowest BCUT2D eigenvalue weighted by atomic mass is 10.2. The zero-order chi connectivity index (χ0) is 14.4. The van der Waals surface area contributed by atoms with E-state index in [1.165, 1.54) is 0 Å². The first-order valence-corrected chi connectivity index (χ1v) is 6.06. The number of hydrazine groups is 1. The zero-order valence-electron chi connectivity index (χ0n) is 11.1. The Kier molecular flexibility index (Phi) is 4.65. The molecule has 6 nitrogen and oxygen atoms in total. The Morgan fingerprint density at radius 3 is 2.85 bits per heavy atom. The highest BCUT2D eigenvalue weighted by Crippen LogP contribution is 2.13. The van der Waals surface area contributed by atoms with Gasteiger partial charge in [-0.1, -0.05) is 18.2 Å². The summed E-state index contributed by atoms with van der Waals surface area (Å²) in [5.41, 5.74) is 4.37. The Balaban J connectivity index is 2.12. The van der Waals surface area contributed by atoms with Crippen molar-refractivity contribution in [3.8, 4) is 0 Å². The SMILES string of the molecule is COCc1cccc(NC(=O)c2cccc(NN)n2)c1. The molecule has 0 aliphatic rings. The van der Waals surface area contributed by atoms with E-state index in [9.17, 15) is 4.79 Å². The Bertz CT molecular complexity index is 601. The molecule has 1 aromatic heterocycles. The third-order valence-electron chi connectivity index (χ3n) is 2.63. The number of ether oxygens (including phenoxy) is 1. The maximum atomic E-state index is 12.1. The molecule has 1 amide bonds. The van der Waals surface area contributed by atoms with Crippen molar-refractivity contribution in [3.05, 3.63) is 53.7 Å². The maximum absolute atomic E-state index is 12.1. The van der Waals surface area contributed by atoms with E-state index in [4.69, 9.17) is 10.6 Å². The van der Waals surface area contributed by atoms with Crippen LogP contribution in [0.5, 0.6) is 0 Å². The van der Waals surface area contributed by atoms with Gasteiger partial charge in [0.15, 0.2) is 0 Å². The van der Waals surface area contributed by atoms with Crippen LogP contribution in [0.25, 0.3) is 0 Å². The Labute approximate surface area is 116 Å². The second kappa shape index (κ2) is 6.65. The second-order valence-corrected chi connectivity index (χ2v) is 4.14. The molecule has 1 aromatic carbocycles. The van der Waals surface area contributed by atoms with Crippen LogP contribution in [-0.4, -0.2) is 18.0 Å². The molecule has 0 radical (unpaired) electrons. The number of nitrogens with zero attached hydrogens (tertiary/aromatic N) is 1. The molecule has 6 heteroatoms. The topological polar surface area (TPSA) is 89.3 Å². The molecule has 0 unspecified atom stereocenters. The van der Waals surface area contributed by atoms with E-state index in [1.54, 1.807) is 25.3 Å². The van der Waals surface area contributed by atoms with Crippen LogP contribution in [0.3, 0.4) is 0 Å². The number of nitrogen functional groups attached to an aromatic ring is 1. The van der Waals surface area contributed by atoms with Crippen LogP contribution >= 0.6 is 0 Å². The molecule has 0 spiro atoms. The second-order valence-electron chi connectivity index (χ2n) is 4.14. The van der Waals surface area contributed by atoms with Crippen LogP contribution in [-0.2, 0) is 11.3 Å². The predicted octanol–water partition coefficient (Wildman–Crippen LogP) is 1.77. The normalized spacial score (nSPS) is 10.1. The Hall–Kier alpha value is -2.44. The number of rotatable bonds is 5. The number of methoxy groups -OCH3 is 1. The van der Waals surface area contributed by atoms with Crippen LogP contribution in [0.15, 0.2) is 42.5 Å². The van der Waals surface area contributed by atoms with Gasteiger partial charge in [0.1, 0.15) is 11.5 Å². The van der Waals surface area contributed by atoms with Gasteiger partial charge >= 0.3 is 0 Å². The Morgan fingerprint density at radius 2 is 2.10 bits per heavy atom. The molecule has 4 N–H and O–H groups in total. The van der Waals surface area contributed by atoms with E-state index in [0.29, 0.717) is 18.1 Å². The van der Waals surface area contributed by atoms with Gasteiger partial charge in [-0.2, -0.15) is 0 Å². The minimum absolute atomic E-state index is 0.289. The molecule has 0 bridgehead atoms. The minimum atomic E-state index is -0.295. The van der Waals surface area contributed by atoms with Crippen LogP contribution in [0.2, 0.25) is 0 Å². The number of nitrogens with one attached hydrogen (secondary N) is 2. The average molecular weight is 272 g/mol. The highest BCUT2D eigenvalue weighted by molar-refractivity contribution is 6.03. The van der Waals surface area contributed by atoms with Crippen molar-refractivity contribution >= 4 is 17.4 Å². The predicted molar refractivity (Wildman–Crippen MR) is 77.2 cm³/mol. The first-order chi connectivity index (χ1) is 9.72. The van der Waals surface area contributed by atoms with E-state index >= 15 is 0 Å². The van der Waals surface area contributed by atoms with Gasteiger partial charge in [-0.3, -0.25) is 4.79 Å². The molecule has 0 aliphatic carbocycles. The van der Waals surface area contributed by atoms with Crippen molar-refractivity contribution in [1.29, 1.82) is 0 Å². The van der Waals surface area contributed by atoms with Crippen molar-refractivity contribution in [2.75, 3.05) is 17.9 Å². The van der Waals surface area contributed by atoms with Crippen molar-refractivity contribution < 1.29 is 9.53 Å². The van der Waals surface area contributed by atoms with E-state index in [-0.39, 0.29) is 11.6 Å². The van der Waals surface area contributed by atoms with Gasteiger partial charge in [0, 0.05) is 12.8 Å². The quantitative estimate of drug-likeness (QED) is 0.570. The van der Waals surface area contributed by atoms with Crippen LogP contribution < -0.4 is 16.6 Å². The molecule has 104 valence electrons. The third-order valence-corrected chi connectivity index (χ3v) is 2.63. The molecule has 0 atom stereocenters. The summed E-state index contributed by atoms with van der Waals surface area (Å²) in [6.07, 6.45) is 0. The van der Waals surface area contributed by atoms with E-state index < -0.39 is 0 Å². The first-order valence-electron chi connectivity index (χ1n) is 6.06. The molecular weight excluding hydrogens is 256 g/mol. The van der Waals surface area contributed by atoms with Gasteiger partial charge in [-0.25, -0.2) is 10.8 Å². The maximum Gasteiger partial charge on any atom is 0.274 e. The van der Waals surface area contributed by atoms with Gasteiger partial charge in [0.05, 0.1) is 6.61 Å². The minimum Gasteiger partial charge on any atom is -0.380 e. The third kappa shape index (κ3) is 3.53. The Morgan fingerprint density at radius 1 is 1.30 bits per heavy atom. The lowest BCUT2D eigenvalue weighted by molar-refractivity contribution is 0.102. The molecule has 1 heterocycles. The summed E-state index contributed by atoms with van der Waals surface area (Å²) >= 11 is 0. The summed E-state index contributed by atoms with van der Waals surface area (Å²) in [4.78, 5) is 16.2. The number of hydrogen-bond donors (Lipinski definition) is 3. The fraction of sp³-hybridized carbons (Fsp3) is 0.143. The standard InChI is InChI=1S/C14H16N4O2/c1-20-9-10-4-2-5-11(8-10)16-14(19)12-6-3-7-13(17-12)18-15/h2-8H,9,15H2,1H3,(H,16,19)(H,17,18). The van der Waals surface area contributed by atoms with Gasteiger partial charge in [-0.05, 0) is 29.8 Å².